The molecule has 1 amide bonds. The number of hydrogen-bond acceptors (Lipinski definition) is 3. The van der Waals surface area contributed by atoms with Gasteiger partial charge in [0.25, 0.3) is 5.91 Å². The number of benzene rings is 2. The average molecular weight is 368 g/mol. The fourth-order valence-electron chi connectivity index (χ4n) is 2.42. The van der Waals surface area contributed by atoms with Gasteiger partial charge in [0.15, 0.2) is 5.96 Å². The molecule has 2 aromatic rings. The number of rotatable bonds is 9. The van der Waals surface area contributed by atoms with Crippen molar-refractivity contribution in [2.45, 2.75) is 6.92 Å². The summed E-state index contributed by atoms with van der Waals surface area (Å²) in [4.78, 5) is 18.6. The van der Waals surface area contributed by atoms with Gasteiger partial charge in [-0.05, 0) is 31.2 Å². The van der Waals surface area contributed by atoms with E-state index in [4.69, 9.17) is 4.74 Å². The van der Waals surface area contributed by atoms with Crippen molar-refractivity contribution in [1.29, 1.82) is 0 Å². The monoisotopic (exact) mass is 368 g/mol. The molecule has 0 heterocycles. The van der Waals surface area contributed by atoms with Crippen LogP contribution in [0, 0.1) is 0 Å². The van der Waals surface area contributed by atoms with Crippen molar-refractivity contribution in [3.05, 3.63) is 66.2 Å². The molecular weight excluding hydrogens is 340 g/mol. The summed E-state index contributed by atoms with van der Waals surface area (Å²) < 4.78 is 5.73. The van der Waals surface area contributed by atoms with Crippen molar-refractivity contribution in [2.75, 3.05) is 39.8 Å². The minimum atomic E-state index is -0.0829. The summed E-state index contributed by atoms with van der Waals surface area (Å²) in [5.74, 6) is 1.57. The van der Waals surface area contributed by atoms with Crippen molar-refractivity contribution in [3.63, 3.8) is 0 Å². The summed E-state index contributed by atoms with van der Waals surface area (Å²) in [6.45, 7) is 5.06. The second kappa shape index (κ2) is 11.6. The minimum Gasteiger partial charge on any atom is -0.492 e. The smallest absolute Gasteiger partial charge is 0.251 e. The van der Waals surface area contributed by atoms with Crippen molar-refractivity contribution in [3.8, 4) is 5.75 Å². The van der Waals surface area contributed by atoms with Gasteiger partial charge in [0.1, 0.15) is 12.4 Å². The Morgan fingerprint density at radius 2 is 1.70 bits per heavy atom. The predicted octanol–water partition coefficient (Wildman–Crippen LogP) is 2.39. The summed E-state index contributed by atoms with van der Waals surface area (Å²) in [5, 5.41) is 6.14. The fourth-order valence-corrected chi connectivity index (χ4v) is 2.42. The summed E-state index contributed by atoms with van der Waals surface area (Å²) >= 11 is 0. The van der Waals surface area contributed by atoms with Crippen molar-refractivity contribution in [2.24, 2.45) is 4.99 Å². The second-order valence-corrected chi connectivity index (χ2v) is 5.94. The summed E-state index contributed by atoms with van der Waals surface area (Å²) in [5.41, 5.74) is 0.656. The molecule has 0 atom stereocenters. The Labute approximate surface area is 161 Å². The molecule has 2 N–H and O–H groups in total. The molecule has 0 aromatic heterocycles. The fraction of sp³-hybridized carbons (Fsp3) is 0.333. The van der Waals surface area contributed by atoms with E-state index in [1.807, 2.05) is 67.4 Å². The molecule has 6 nitrogen and oxygen atoms in total. The van der Waals surface area contributed by atoms with Crippen molar-refractivity contribution in [1.82, 2.24) is 15.5 Å². The van der Waals surface area contributed by atoms with E-state index >= 15 is 0 Å². The molecule has 0 unspecified atom stereocenters. The Balaban J connectivity index is 1.75. The third-order valence-corrected chi connectivity index (χ3v) is 3.83. The van der Waals surface area contributed by atoms with Gasteiger partial charge in [0.2, 0.25) is 0 Å². The lowest BCUT2D eigenvalue weighted by molar-refractivity contribution is 0.0955. The average Bonchev–Trinajstić information content (AvgIpc) is 2.71. The molecule has 0 bridgehead atoms. The van der Waals surface area contributed by atoms with Crippen LogP contribution in [0.3, 0.4) is 0 Å². The molecule has 2 aromatic carbocycles. The van der Waals surface area contributed by atoms with Crippen LogP contribution in [0.4, 0.5) is 0 Å². The molecular formula is C21H28N4O2. The molecule has 0 fully saturated rings. The molecule has 0 saturated carbocycles. The number of ether oxygens (including phenoxy) is 1. The Morgan fingerprint density at radius 3 is 2.37 bits per heavy atom. The van der Waals surface area contributed by atoms with Gasteiger partial charge < -0.3 is 20.3 Å². The zero-order valence-electron chi connectivity index (χ0n) is 16.0. The van der Waals surface area contributed by atoms with Crippen molar-refractivity contribution >= 4 is 11.9 Å². The highest BCUT2D eigenvalue weighted by atomic mass is 16.5. The standard InChI is InChI=1S/C21H28N4O2/c1-3-22-21(25(2)16-17-27-19-12-8-5-9-13-19)24-15-14-23-20(26)18-10-6-4-7-11-18/h4-13H,3,14-17H2,1-2H3,(H,22,24)(H,23,26). The van der Waals surface area contributed by atoms with Crippen molar-refractivity contribution < 1.29 is 9.53 Å². The van der Waals surface area contributed by atoms with E-state index in [-0.39, 0.29) is 5.91 Å². The highest BCUT2D eigenvalue weighted by Crippen LogP contribution is 2.07. The molecule has 2 rings (SSSR count). The van der Waals surface area contributed by atoms with Crippen LogP contribution in [0.15, 0.2) is 65.7 Å². The van der Waals surface area contributed by atoms with Crippen LogP contribution in [-0.4, -0.2) is 56.6 Å². The van der Waals surface area contributed by atoms with E-state index < -0.39 is 0 Å². The van der Waals surface area contributed by atoms with E-state index in [1.165, 1.54) is 0 Å². The van der Waals surface area contributed by atoms with Crippen LogP contribution in [0.1, 0.15) is 17.3 Å². The number of aliphatic imine (C=N–C) groups is 1. The first-order chi connectivity index (χ1) is 13.2. The Hall–Kier alpha value is -3.02. The first kappa shape index (κ1) is 20.3. The molecule has 6 heteroatoms. The SMILES string of the molecule is CCNC(=NCCNC(=O)c1ccccc1)N(C)CCOc1ccccc1. The van der Waals surface area contributed by atoms with E-state index in [1.54, 1.807) is 12.1 Å². The predicted molar refractivity (Wildman–Crippen MR) is 109 cm³/mol. The number of guanidine groups is 1. The largest absolute Gasteiger partial charge is 0.492 e. The second-order valence-electron chi connectivity index (χ2n) is 5.94. The van der Waals surface area contributed by atoms with Gasteiger partial charge in [0.05, 0.1) is 13.1 Å². The molecule has 0 aliphatic heterocycles. The summed E-state index contributed by atoms with van der Waals surface area (Å²) in [6.07, 6.45) is 0. The van der Waals surface area contributed by atoms with Gasteiger partial charge in [-0.25, -0.2) is 0 Å². The third kappa shape index (κ3) is 7.40. The summed E-state index contributed by atoms with van der Waals surface area (Å²) in [7, 11) is 1.97. The van der Waals surface area contributed by atoms with Gasteiger partial charge in [-0.3, -0.25) is 9.79 Å². The lowest BCUT2D eigenvalue weighted by Gasteiger charge is -2.22. The Bertz CT molecular complexity index is 705. The lowest BCUT2D eigenvalue weighted by Crippen LogP contribution is -2.41. The first-order valence-corrected chi connectivity index (χ1v) is 9.21. The maximum absolute atomic E-state index is 12.0. The molecule has 0 radical (unpaired) electrons. The minimum absolute atomic E-state index is 0.0829. The normalized spacial score (nSPS) is 11.0. The van der Waals surface area contributed by atoms with E-state index in [0.717, 1.165) is 18.3 Å². The Kier molecular flexibility index (Phi) is 8.69. The van der Waals surface area contributed by atoms with E-state index in [2.05, 4.69) is 15.6 Å². The zero-order chi connectivity index (χ0) is 19.3. The number of likely N-dealkylation sites (N-methyl/N-ethyl adjacent to an activating group) is 1. The number of hydrogen-bond donors (Lipinski definition) is 2. The maximum Gasteiger partial charge on any atom is 0.251 e. The van der Waals surface area contributed by atoms with E-state index in [0.29, 0.717) is 31.8 Å². The van der Waals surface area contributed by atoms with E-state index in [9.17, 15) is 4.79 Å². The first-order valence-electron chi connectivity index (χ1n) is 9.21. The Morgan fingerprint density at radius 1 is 1.04 bits per heavy atom. The molecule has 144 valence electrons. The number of amides is 1. The quantitative estimate of drug-likeness (QED) is 0.405. The van der Waals surface area contributed by atoms with Gasteiger partial charge >= 0.3 is 0 Å². The van der Waals surface area contributed by atoms with Crippen LogP contribution in [-0.2, 0) is 0 Å². The number of nitrogens with zero attached hydrogens (tertiary/aromatic N) is 2. The van der Waals surface area contributed by atoms with Gasteiger partial charge in [-0.15, -0.1) is 0 Å². The zero-order valence-corrected chi connectivity index (χ0v) is 16.0. The lowest BCUT2D eigenvalue weighted by atomic mass is 10.2. The van der Waals surface area contributed by atoms with Crippen LogP contribution < -0.4 is 15.4 Å². The molecule has 0 saturated heterocycles. The number of carbonyl (C=O) groups excluding carboxylic acids is 1. The van der Waals surface area contributed by atoms with Crippen LogP contribution >= 0.6 is 0 Å². The molecule has 27 heavy (non-hydrogen) atoms. The molecule has 0 aliphatic rings. The maximum atomic E-state index is 12.0. The number of para-hydroxylation sites is 1. The number of carbonyl (C=O) groups is 1. The third-order valence-electron chi connectivity index (χ3n) is 3.83. The van der Waals surface area contributed by atoms with Gasteiger partial charge in [-0.2, -0.15) is 0 Å². The topological polar surface area (TPSA) is 66.0 Å². The van der Waals surface area contributed by atoms with Gasteiger partial charge in [0, 0.05) is 25.7 Å². The van der Waals surface area contributed by atoms with Crippen LogP contribution in [0.25, 0.3) is 0 Å². The number of nitrogens with one attached hydrogen (secondary N) is 2. The highest BCUT2D eigenvalue weighted by molar-refractivity contribution is 5.94. The summed E-state index contributed by atoms with van der Waals surface area (Å²) in [6, 6.07) is 18.9. The van der Waals surface area contributed by atoms with Crippen LogP contribution in [0.2, 0.25) is 0 Å². The van der Waals surface area contributed by atoms with Crippen LogP contribution in [0.5, 0.6) is 5.75 Å². The molecule has 0 aliphatic carbocycles. The van der Waals surface area contributed by atoms with Gasteiger partial charge in [-0.1, -0.05) is 36.4 Å². The molecule has 0 spiro atoms. The highest BCUT2D eigenvalue weighted by Gasteiger charge is 2.06.